The zero-order chi connectivity index (χ0) is 20.7. The smallest absolute Gasteiger partial charge is 0.326 e. The molecule has 2 aromatic carbocycles. The van der Waals surface area contributed by atoms with Gasteiger partial charge in [0.1, 0.15) is 11.3 Å². The van der Waals surface area contributed by atoms with Crippen LogP contribution >= 0.6 is 0 Å². The summed E-state index contributed by atoms with van der Waals surface area (Å²) in [6.45, 7) is 1.28. The van der Waals surface area contributed by atoms with Gasteiger partial charge in [-0.2, -0.15) is 0 Å². The van der Waals surface area contributed by atoms with Crippen molar-refractivity contribution in [3.8, 4) is 5.75 Å². The Balaban J connectivity index is 1.28. The van der Waals surface area contributed by atoms with E-state index >= 15 is 0 Å². The number of carbonyl (C=O) groups excluding carboxylic acids is 1. The lowest BCUT2D eigenvalue weighted by Crippen LogP contribution is -2.41. The minimum absolute atomic E-state index is 0.0817. The van der Waals surface area contributed by atoms with Crippen molar-refractivity contribution < 1.29 is 13.9 Å². The standard InChI is InChI=1S/C23H23N3O4/c1-29-17-6-7-18-15(14-30-21(18)13-17)12-22(27)25-10-8-16(9-11-25)26-20-5-3-2-4-19(20)24-23(26)28/h2-7,13-14,16H,8-12H2,1H3,(H,24,28). The van der Waals surface area contributed by atoms with Crippen molar-refractivity contribution in [2.45, 2.75) is 25.3 Å². The van der Waals surface area contributed by atoms with Gasteiger partial charge in [-0.25, -0.2) is 4.79 Å². The monoisotopic (exact) mass is 405 g/mol. The zero-order valence-electron chi connectivity index (χ0n) is 16.8. The van der Waals surface area contributed by atoms with Crippen molar-refractivity contribution in [1.82, 2.24) is 14.5 Å². The zero-order valence-corrected chi connectivity index (χ0v) is 16.8. The van der Waals surface area contributed by atoms with Crippen LogP contribution in [0.25, 0.3) is 22.0 Å². The first-order chi connectivity index (χ1) is 14.6. The number of carbonyl (C=O) groups is 1. The first kappa shape index (κ1) is 18.5. The summed E-state index contributed by atoms with van der Waals surface area (Å²) in [6, 6.07) is 13.5. The van der Waals surface area contributed by atoms with Gasteiger partial charge >= 0.3 is 5.69 Å². The first-order valence-electron chi connectivity index (χ1n) is 10.1. The van der Waals surface area contributed by atoms with Gasteiger partial charge in [0.05, 0.1) is 30.8 Å². The normalized spacial score (nSPS) is 15.2. The van der Waals surface area contributed by atoms with Crippen LogP contribution in [0.4, 0.5) is 0 Å². The van der Waals surface area contributed by atoms with E-state index in [1.165, 1.54) is 0 Å². The van der Waals surface area contributed by atoms with Gasteiger partial charge in [0.15, 0.2) is 0 Å². The highest BCUT2D eigenvalue weighted by atomic mass is 16.5. The molecule has 0 radical (unpaired) electrons. The number of para-hydroxylation sites is 2. The van der Waals surface area contributed by atoms with E-state index in [-0.39, 0.29) is 17.6 Å². The molecular weight excluding hydrogens is 382 g/mol. The predicted octanol–water partition coefficient (Wildman–Crippen LogP) is 3.49. The summed E-state index contributed by atoms with van der Waals surface area (Å²) < 4.78 is 12.7. The molecule has 7 heteroatoms. The average Bonchev–Trinajstić information content (AvgIpc) is 3.33. The second-order valence-electron chi connectivity index (χ2n) is 7.73. The molecule has 0 saturated carbocycles. The summed E-state index contributed by atoms with van der Waals surface area (Å²) in [6.07, 6.45) is 3.48. The lowest BCUT2D eigenvalue weighted by Gasteiger charge is -2.32. The Hall–Kier alpha value is -3.48. The number of aromatic nitrogens is 2. The molecule has 1 aliphatic heterocycles. The quantitative estimate of drug-likeness (QED) is 0.564. The SMILES string of the molecule is COc1ccc2c(CC(=O)N3CCC(n4c(=O)[nH]c5ccccc54)CC3)coc2c1. The molecule has 3 heterocycles. The van der Waals surface area contributed by atoms with E-state index in [1.807, 2.05) is 51.9 Å². The molecule has 0 spiro atoms. The molecule has 1 saturated heterocycles. The summed E-state index contributed by atoms with van der Waals surface area (Å²) in [5.41, 5.74) is 3.29. The number of ether oxygens (including phenoxy) is 1. The molecule has 0 unspecified atom stereocenters. The minimum Gasteiger partial charge on any atom is -0.497 e. The topological polar surface area (TPSA) is 80.5 Å². The van der Waals surface area contributed by atoms with Crippen molar-refractivity contribution in [3.63, 3.8) is 0 Å². The van der Waals surface area contributed by atoms with E-state index in [9.17, 15) is 9.59 Å². The van der Waals surface area contributed by atoms with Crippen LogP contribution in [0, 0.1) is 0 Å². The fourth-order valence-corrected chi connectivity index (χ4v) is 4.41. The van der Waals surface area contributed by atoms with Gasteiger partial charge in [-0.1, -0.05) is 12.1 Å². The van der Waals surface area contributed by atoms with Gasteiger partial charge in [0, 0.05) is 36.1 Å². The number of fused-ring (bicyclic) bond motifs is 2. The lowest BCUT2D eigenvalue weighted by atomic mass is 10.0. The number of likely N-dealkylation sites (tertiary alicyclic amines) is 1. The summed E-state index contributed by atoms with van der Waals surface area (Å²) >= 11 is 0. The molecule has 2 aromatic heterocycles. The molecule has 7 nitrogen and oxygen atoms in total. The maximum atomic E-state index is 12.9. The largest absolute Gasteiger partial charge is 0.497 e. The Morgan fingerprint density at radius 2 is 2.00 bits per heavy atom. The van der Waals surface area contributed by atoms with Crippen LogP contribution < -0.4 is 10.4 Å². The Bertz CT molecular complexity index is 1270. The van der Waals surface area contributed by atoms with E-state index in [4.69, 9.17) is 9.15 Å². The number of benzene rings is 2. The number of piperidine rings is 1. The number of hydrogen-bond donors (Lipinski definition) is 1. The Morgan fingerprint density at radius 3 is 2.80 bits per heavy atom. The number of rotatable bonds is 4. The maximum Gasteiger partial charge on any atom is 0.326 e. The Labute approximate surface area is 172 Å². The number of H-pyrrole nitrogens is 1. The molecule has 5 rings (SSSR count). The summed E-state index contributed by atoms with van der Waals surface area (Å²) in [4.78, 5) is 30.1. The van der Waals surface area contributed by atoms with Gasteiger partial charge in [-0.05, 0) is 37.1 Å². The third-order valence-electron chi connectivity index (χ3n) is 6.01. The van der Waals surface area contributed by atoms with Crippen molar-refractivity contribution in [2.75, 3.05) is 20.2 Å². The van der Waals surface area contributed by atoms with Crippen LogP contribution in [0.2, 0.25) is 0 Å². The number of imidazole rings is 1. The fourth-order valence-electron chi connectivity index (χ4n) is 4.41. The summed E-state index contributed by atoms with van der Waals surface area (Å²) in [5.74, 6) is 0.808. The molecular formula is C23H23N3O4. The molecule has 154 valence electrons. The highest BCUT2D eigenvalue weighted by molar-refractivity contribution is 5.88. The van der Waals surface area contributed by atoms with E-state index in [2.05, 4.69) is 4.98 Å². The van der Waals surface area contributed by atoms with Crippen LogP contribution in [-0.2, 0) is 11.2 Å². The number of furan rings is 1. The van der Waals surface area contributed by atoms with Gasteiger partial charge in [-0.3, -0.25) is 9.36 Å². The molecule has 0 bridgehead atoms. The second kappa shape index (κ2) is 7.40. The number of hydrogen-bond acceptors (Lipinski definition) is 4. The number of methoxy groups -OCH3 is 1. The molecule has 30 heavy (non-hydrogen) atoms. The van der Waals surface area contributed by atoms with Crippen LogP contribution in [0.3, 0.4) is 0 Å². The average molecular weight is 405 g/mol. The number of amides is 1. The molecule has 0 atom stereocenters. The lowest BCUT2D eigenvalue weighted by molar-refractivity contribution is -0.131. The molecule has 1 aliphatic rings. The Kier molecular flexibility index (Phi) is 4.58. The number of nitrogens with one attached hydrogen (secondary N) is 1. The third kappa shape index (κ3) is 3.16. The molecule has 0 aliphatic carbocycles. The number of aromatic amines is 1. The fraction of sp³-hybridized carbons (Fsp3) is 0.304. The Morgan fingerprint density at radius 1 is 1.20 bits per heavy atom. The van der Waals surface area contributed by atoms with Gasteiger partial charge in [-0.15, -0.1) is 0 Å². The molecule has 1 amide bonds. The highest BCUT2D eigenvalue weighted by Gasteiger charge is 2.26. The highest BCUT2D eigenvalue weighted by Crippen LogP contribution is 2.28. The van der Waals surface area contributed by atoms with E-state index < -0.39 is 0 Å². The van der Waals surface area contributed by atoms with Gasteiger partial charge < -0.3 is 19.0 Å². The van der Waals surface area contributed by atoms with Gasteiger partial charge in [0.2, 0.25) is 5.91 Å². The minimum atomic E-state index is -0.0822. The van der Waals surface area contributed by atoms with Crippen LogP contribution in [0.1, 0.15) is 24.4 Å². The van der Waals surface area contributed by atoms with E-state index in [0.717, 1.165) is 46.2 Å². The van der Waals surface area contributed by atoms with Crippen molar-refractivity contribution in [2.24, 2.45) is 0 Å². The molecule has 4 aromatic rings. The number of nitrogens with zero attached hydrogens (tertiary/aromatic N) is 2. The second-order valence-corrected chi connectivity index (χ2v) is 7.73. The maximum absolute atomic E-state index is 12.9. The van der Waals surface area contributed by atoms with Crippen LogP contribution in [0.5, 0.6) is 5.75 Å². The predicted molar refractivity (Wildman–Crippen MR) is 114 cm³/mol. The first-order valence-corrected chi connectivity index (χ1v) is 10.1. The van der Waals surface area contributed by atoms with E-state index in [1.54, 1.807) is 13.4 Å². The van der Waals surface area contributed by atoms with Crippen LogP contribution in [0.15, 0.2) is 57.9 Å². The summed E-state index contributed by atoms with van der Waals surface area (Å²) in [7, 11) is 1.61. The molecule has 1 N–H and O–H groups in total. The van der Waals surface area contributed by atoms with Crippen LogP contribution in [-0.4, -0.2) is 40.6 Å². The van der Waals surface area contributed by atoms with Gasteiger partial charge in [0.25, 0.3) is 0 Å². The summed E-state index contributed by atoms with van der Waals surface area (Å²) in [5, 5.41) is 0.935. The van der Waals surface area contributed by atoms with E-state index in [0.29, 0.717) is 19.5 Å². The van der Waals surface area contributed by atoms with Crippen molar-refractivity contribution in [1.29, 1.82) is 0 Å². The molecule has 1 fully saturated rings. The van der Waals surface area contributed by atoms with Crippen molar-refractivity contribution >= 4 is 27.9 Å². The third-order valence-corrected chi connectivity index (χ3v) is 6.01. The van der Waals surface area contributed by atoms with Crippen molar-refractivity contribution in [3.05, 3.63) is 64.8 Å².